The number of ether oxygens (including phenoxy) is 1. The van der Waals surface area contributed by atoms with Gasteiger partial charge in [-0.05, 0) is 25.1 Å². The van der Waals surface area contributed by atoms with Crippen molar-refractivity contribution in [2.45, 2.75) is 10.8 Å². The maximum absolute atomic E-state index is 12.3. The summed E-state index contributed by atoms with van der Waals surface area (Å²) >= 11 is 3.11. The van der Waals surface area contributed by atoms with E-state index in [-0.39, 0.29) is 5.91 Å². The molecule has 0 saturated carbocycles. The van der Waals surface area contributed by atoms with Gasteiger partial charge in [0, 0.05) is 39.2 Å². The zero-order chi connectivity index (χ0) is 15.2. The van der Waals surface area contributed by atoms with E-state index in [1.807, 2.05) is 23.6 Å². The quantitative estimate of drug-likeness (QED) is 0.715. The van der Waals surface area contributed by atoms with Gasteiger partial charge >= 0.3 is 0 Å². The van der Waals surface area contributed by atoms with Crippen LogP contribution in [-0.4, -0.2) is 73.9 Å². The Morgan fingerprint density at radius 2 is 2.48 bits per heavy atom. The molecule has 0 radical (unpaired) electrons. The van der Waals surface area contributed by atoms with E-state index in [9.17, 15) is 4.79 Å². The molecule has 1 fully saturated rings. The lowest BCUT2D eigenvalue weighted by molar-refractivity contribution is 0.0766. The number of hydrogen-bond acceptors (Lipinski definition) is 6. The Kier molecular flexibility index (Phi) is 6.47. The Balaban J connectivity index is 1.81. The van der Waals surface area contributed by atoms with E-state index in [1.54, 1.807) is 18.9 Å². The summed E-state index contributed by atoms with van der Waals surface area (Å²) in [5, 5.41) is 1.85. The highest BCUT2D eigenvalue weighted by molar-refractivity contribution is 8.00. The number of thioether (sulfide) groups is 1. The average Bonchev–Trinajstić information content (AvgIpc) is 3.13. The maximum Gasteiger partial charge on any atom is 0.273 e. The van der Waals surface area contributed by atoms with Crippen molar-refractivity contribution in [2.24, 2.45) is 5.92 Å². The number of rotatable bonds is 7. The van der Waals surface area contributed by atoms with Gasteiger partial charge in [-0.1, -0.05) is 11.8 Å². The van der Waals surface area contributed by atoms with Crippen molar-refractivity contribution in [1.29, 1.82) is 0 Å². The number of aromatic nitrogens is 1. The maximum atomic E-state index is 12.3. The number of methoxy groups -OCH3 is 1. The van der Waals surface area contributed by atoms with Crippen molar-refractivity contribution in [2.75, 3.05) is 53.2 Å². The van der Waals surface area contributed by atoms with Crippen molar-refractivity contribution in [3.05, 3.63) is 11.1 Å². The molecule has 2 rings (SSSR count). The van der Waals surface area contributed by atoms with Crippen molar-refractivity contribution in [3.63, 3.8) is 0 Å². The lowest BCUT2D eigenvalue weighted by Gasteiger charge is -2.21. The third kappa shape index (κ3) is 4.67. The molecule has 0 spiro atoms. The van der Waals surface area contributed by atoms with Gasteiger partial charge in [0.05, 0.1) is 6.61 Å². The van der Waals surface area contributed by atoms with Crippen LogP contribution in [0.1, 0.15) is 16.9 Å². The molecule has 5 nitrogen and oxygen atoms in total. The van der Waals surface area contributed by atoms with Crippen LogP contribution in [0.5, 0.6) is 0 Å². The molecule has 118 valence electrons. The molecule has 21 heavy (non-hydrogen) atoms. The minimum Gasteiger partial charge on any atom is -0.383 e. The normalized spacial score (nSPS) is 19.1. The summed E-state index contributed by atoms with van der Waals surface area (Å²) in [5.74, 6) is 0.580. The minimum atomic E-state index is 0.0295. The van der Waals surface area contributed by atoms with Crippen LogP contribution in [0.15, 0.2) is 9.72 Å². The molecule has 0 aliphatic carbocycles. The van der Waals surface area contributed by atoms with Crippen LogP contribution in [-0.2, 0) is 4.74 Å². The van der Waals surface area contributed by atoms with Crippen molar-refractivity contribution < 1.29 is 9.53 Å². The first-order valence-corrected chi connectivity index (χ1v) is 9.20. The first-order chi connectivity index (χ1) is 10.1. The van der Waals surface area contributed by atoms with E-state index in [0.717, 1.165) is 43.5 Å². The largest absolute Gasteiger partial charge is 0.383 e. The highest BCUT2D eigenvalue weighted by Crippen LogP contribution is 2.21. The van der Waals surface area contributed by atoms with Crippen LogP contribution in [0.2, 0.25) is 0 Å². The molecule has 1 aromatic rings. The topological polar surface area (TPSA) is 45.7 Å². The molecule has 1 aromatic heterocycles. The smallest absolute Gasteiger partial charge is 0.273 e. The highest BCUT2D eigenvalue weighted by atomic mass is 32.2. The molecule has 0 N–H and O–H groups in total. The highest BCUT2D eigenvalue weighted by Gasteiger charge is 2.25. The molecule has 0 unspecified atom stereocenters. The van der Waals surface area contributed by atoms with Crippen LogP contribution in [0.4, 0.5) is 0 Å². The third-order valence-electron chi connectivity index (χ3n) is 3.74. The van der Waals surface area contributed by atoms with Gasteiger partial charge in [-0.2, -0.15) is 0 Å². The number of nitrogens with zero attached hydrogens (tertiary/aromatic N) is 3. The van der Waals surface area contributed by atoms with Gasteiger partial charge in [-0.25, -0.2) is 4.98 Å². The van der Waals surface area contributed by atoms with Crippen molar-refractivity contribution >= 4 is 29.0 Å². The molecule has 2 heterocycles. The van der Waals surface area contributed by atoms with Gasteiger partial charge in [0.2, 0.25) is 0 Å². The van der Waals surface area contributed by atoms with Gasteiger partial charge in [-0.15, -0.1) is 11.3 Å². The minimum absolute atomic E-state index is 0.0295. The SMILES string of the molecule is COCCN1CC[C@H](CN(C)C(=O)c2csc(SC)n2)C1. The molecule has 0 bridgehead atoms. The summed E-state index contributed by atoms with van der Waals surface area (Å²) in [6, 6.07) is 0. The van der Waals surface area contributed by atoms with Crippen LogP contribution in [0.25, 0.3) is 0 Å². The lowest BCUT2D eigenvalue weighted by atomic mass is 10.1. The Hall–Kier alpha value is -0.630. The van der Waals surface area contributed by atoms with E-state index in [2.05, 4.69) is 9.88 Å². The summed E-state index contributed by atoms with van der Waals surface area (Å²) in [6.45, 7) is 4.71. The van der Waals surface area contributed by atoms with E-state index < -0.39 is 0 Å². The molecular formula is C14H23N3O2S2. The zero-order valence-electron chi connectivity index (χ0n) is 12.9. The lowest BCUT2D eigenvalue weighted by Crippen LogP contribution is -2.33. The summed E-state index contributed by atoms with van der Waals surface area (Å²) < 4.78 is 6.06. The van der Waals surface area contributed by atoms with Crippen LogP contribution >= 0.6 is 23.1 Å². The van der Waals surface area contributed by atoms with E-state index in [0.29, 0.717) is 11.6 Å². The second kappa shape index (κ2) is 8.12. The third-order valence-corrected chi connectivity index (χ3v) is 5.60. The monoisotopic (exact) mass is 329 g/mol. The van der Waals surface area contributed by atoms with E-state index in [1.165, 1.54) is 11.3 Å². The predicted molar refractivity (Wildman–Crippen MR) is 87.3 cm³/mol. The molecule has 1 aliphatic heterocycles. The number of carbonyl (C=O) groups excluding carboxylic acids is 1. The number of hydrogen-bond donors (Lipinski definition) is 0. The van der Waals surface area contributed by atoms with Crippen LogP contribution in [0, 0.1) is 5.92 Å². The summed E-state index contributed by atoms with van der Waals surface area (Å²) in [7, 11) is 3.61. The fourth-order valence-electron chi connectivity index (χ4n) is 2.60. The molecule has 1 atom stereocenters. The fraction of sp³-hybridized carbons (Fsp3) is 0.714. The summed E-state index contributed by atoms with van der Waals surface area (Å²) in [5.41, 5.74) is 0.570. The summed E-state index contributed by atoms with van der Waals surface area (Å²) in [6.07, 6.45) is 3.12. The van der Waals surface area contributed by atoms with Crippen LogP contribution in [0.3, 0.4) is 0 Å². The zero-order valence-corrected chi connectivity index (χ0v) is 14.5. The number of thiazole rings is 1. The number of carbonyl (C=O) groups is 1. The Labute approximate surface area is 134 Å². The molecule has 1 saturated heterocycles. The number of likely N-dealkylation sites (tertiary alicyclic amines) is 1. The standard InChI is InChI=1S/C14H23N3O2S2/c1-16(13(18)12-10-21-14(15-12)20-3)8-11-4-5-17(9-11)6-7-19-2/h10-11H,4-9H2,1-3H3/t11-/m1/s1. The van der Waals surface area contributed by atoms with E-state index >= 15 is 0 Å². The fourth-order valence-corrected chi connectivity index (χ4v) is 3.84. The predicted octanol–water partition coefficient (Wildman–Crippen LogP) is 1.91. The van der Waals surface area contributed by atoms with Gasteiger partial charge in [0.25, 0.3) is 5.91 Å². The molecule has 1 aliphatic rings. The molecular weight excluding hydrogens is 306 g/mol. The van der Waals surface area contributed by atoms with Crippen LogP contribution < -0.4 is 0 Å². The van der Waals surface area contributed by atoms with Gasteiger partial charge < -0.3 is 14.5 Å². The van der Waals surface area contributed by atoms with Crippen molar-refractivity contribution in [1.82, 2.24) is 14.8 Å². The van der Waals surface area contributed by atoms with Crippen molar-refractivity contribution in [3.8, 4) is 0 Å². The summed E-state index contributed by atoms with van der Waals surface area (Å²) in [4.78, 5) is 20.9. The first-order valence-electron chi connectivity index (χ1n) is 7.10. The number of amides is 1. The Morgan fingerprint density at radius 3 is 3.14 bits per heavy atom. The molecule has 0 aromatic carbocycles. The molecule has 1 amide bonds. The second-order valence-corrected chi connectivity index (χ2v) is 7.25. The molecule has 7 heteroatoms. The Morgan fingerprint density at radius 1 is 1.67 bits per heavy atom. The van der Waals surface area contributed by atoms with Gasteiger partial charge in [-0.3, -0.25) is 4.79 Å². The second-order valence-electron chi connectivity index (χ2n) is 5.34. The van der Waals surface area contributed by atoms with Gasteiger partial charge in [0.1, 0.15) is 10.0 Å². The van der Waals surface area contributed by atoms with Gasteiger partial charge in [0.15, 0.2) is 0 Å². The average molecular weight is 329 g/mol. The van der Waals surface area contributed by atoms with E-state index in [4.69, 9.17) is 4.74 Å². The first kappa shape index (κ1) is 16.7. The Bertz CT molecular complexity index is 467.